The number of ether oxygens (including phenoxy) is 1. The summed E-state index contributed by atoms with van der Waals surface area (Å²) in [6.07, 6.45) is 0.0829. The van der Waals surface area contributed by atoms with Gasteiger partial charge in [-0.3, -0.25) is 4.79 Å². The van der Waals surface area contributed by atoms with Crippen molar-refractivity contribution < 1.29 is 22.7 Å². The molecule has 0 radical (unpaired) electrons. The maximum Gasteiger partial charge on any atom is 0.416 e. The zero-order chi connectivity index (χ0) is 26.2. The minimum absolute atomic E-state index is 0.0293. The topological polar surface area (TPSA) is 108 Å². The molecule has 2 aromatic heterocycles. The zero-order valence-corrected chi connectivity index (χ0v) is 20.0. The molecule has 8 nitrogen and oxygen atoms in total. The van der Waals surface area contributed by atoms with Gasteiger partial charge < -0.3 is 20.4 Å². The van der Waals surface area contributed by atoms with Crippen molar-refractivity contribution in [2.24, 2.45) is 5.92 Å². The first kappa shape index (κ1) is 24.5. The molecule has 5 rings (SSSR count). The van der Waals surface area contributed by atoms with Gasteiger partial charge in [-0.25, -0.2) is 15.0 Å². The van der Waals surface area contributed by atoms with Gasteiger partial charge in [-0.05, 0) is 49.9 Å². The van der Waals surface area contributed by atoms with Crippen LogP contribution in [0.4, 0.5) is 24.7 Å². The van der Waals surface area contributed by atoms with E-state index in [-0.39, 0.29) is 29.5 Å². The summed E-state index contributed by atoms with van der Waals surface area (Å²) in [5.74, 6) is 0.903. The highest BCUT2D eigenvalue weighted by atomic mass is 19.4. The van der Waals surface area contributed by atoms with E-state index >= 15 is 0 Å². The molecule has 3 N–H and O–H groups in total. The fourth-order valence-corrected chi connectivity index (χ4v) is 4.70. The highest BCUT2D eigenvalue weighted by Gasteiger charge is 2.31. The highest BCUT2D eigenvalue weighted by Crippen LogP contribution is 2.36. The van der Waals surface area contributed by atoms with Crippen molar-refractivity contribution in [3.63, 3.8) is 0 Å². The van der Waals surface area contributed by atoms with Gasteiger partial charge in [-0.1, -0.05) is 18.2 Å². The zero-order valence-electron chi connectivity index (χ0n) is 20.0. The van der Waals surface area contributed by atoms with Crippen molar-refractivity contribution in [3.8, 4) is 17.1 Å². The Balaban J connectivity index is 1.32. The van der Waals surface area contributed by atoms with Crippen LogP contribution >= 0.6 is 0 Å². The summed E-state index contributed by atoms with van der Waals surface area (Å²) in [5, 5.41) is 2.97. The molecule has 1 saturated carbocycles. The number of methoxy groups -OCH3 is 1. The average Bonchev–Trinajstić information content (AvgIpc) is 3.33. The van der Waals surface area contributed by atoms with Crippen molar-refractivity contribution in [1.29, 1.82) is 0 Å². The summed E-state index contributed by atoms with van der Waals surface area (Å²) in [6, 6.07) is 11.9. The first-order valence-corrected chi connectivity index (χ1v) is 11.9. The number of nitrogen functional groups attached to an aromatic ring is 1. The van der Waals surface area contributed by atoms with E-state index in [4.69, 9.17) is 10.5 Å². The van der Waals surface area contributed by atoms with Gasteiger partial charge >= 0.3 is 6.18 Å². The molecular formula is C26H25F3N6O2. The number of nitrogens with one attached hydrogen (secondary N) is 1. The molecule has 1 fully saturated rings. The number of alkyl halides is 3. The summed E-state index contributed by atoms with van der Waals surface area (Å²) in [4.78, 5) is 26.1. The molecule has 2 aromatic carbocycles. The van der Waals surface area contributed by atoms with E-state index in [1.165, 1.54) is 12.1 Å². The standard InChI is InChI=1S/C26H25F3N6O2/c1-37-20-4-2-3-18(13-20)32-25(36)16-7-11-19(12-8-16)35-14-31-21-22(30)33-23(34-24(21)35)15-5-9-17(10-6-15)26(27,28)29/h2-6,9-10,13-14,16,19H,7-8,11-12H2,1H3,(H,32,36)(H2,30,33,34). The van der Waals surface area contributed by atoms with Crippen LogP contribution in [0, 0.1) is 5.92 Å². The average molecular weight is 511 g/mol. The number of nitrogens with zero attached hydrogens (tertiary/aromatic N) is 4. The van der Waals surface area contributed by atoms with E-state index in [1.807, 2.05) is 22.8 Å². The number of amides is 1. The van der Waals surface area contributed by atoms with Crippen LogP contribution in [0.15, 0.2) is 54.9 Å². The second kappa shape index (κ2) is 9.72. The van der Waals surface area contributed by atoms with Crippen LogP contribution in [0.1, 0.15) is 37.3 Å². The second-order valence-electron chi connectivity index (χ2n) is 9.06. The van der Waals surface area contributed by atoms with Crippen molar-refractivity contribution in [3.05, 3.63) is 60.4 Å². The summed E-state index contributed by atoms with van der Waals surface area (Å²) in [7, 11) is 1.58. The van der Waals surface area contributed by atoms with E-state index in [9.17, 15) is 18.0 Å². The fraction of sp³-hybridized carbons (Fsp3) is 0.308. The van der Waals surface area contributed by atoms with E-state index in [0.29, 0.717) is 41.0 Å². The third-order valence-electron chi connectivity index (χ3n) is 6.72. The van der Waals surface area contributed by atoms with Crippen LogP contribution in [-0.2, 0) is 11.0 Å². The van der Waals surface area contributed by atoms with Gasteiger partial charge in [0.1, 0.15) is 11.3 Å². The molecule has 1 aliphatic carbocycles. The predicted molar refractivity (Wildman–Crippen MR) is 133 cm³/mol. The summed E-state index contributed by atoms with van der Waals surface area (Å²) >= 11 is 0. The molecule has 2 heterocycles. The first-order valence-electron chi connectivity index (χ1n) is 11.9. The van der Waals surface area contributed by atoms with Gasteiger partial charge in [0, 0.05) is 29.3 Å². The molecule has 0 atom stereocenters. The minimum Gasteiger partial charge on any atom is -0.497 e. The lowest BCUT2D eigenvalue weighted by atomic mass is 9.85. The van der Waals surface area contributed by atoms with Crippen LogP contribution in [0.5, 0.6) is 5.75 Å². The SMILES string of the molecule is COc1cccc(NC(=O)C2CCC(n3cnc4c(N)nc(-c5ccc(C(F)(F)F)cc5)nc43)CC2)c1. The molecule has 0 saturated heterocycles. The summed E-state index contributed by atoms with van der Waals surface area (Å²) in [5.41, 5.74) is 7.45. The van der Waals surface area contributed by atoms with E-state index < -0.39 is 11.7 Å². The minimum atomic E-state index is -4.43. The Morgan fingerprint density at radius 1 is 1.08 bits per heavy atom. The number of fused-ring (bicyclic) bond motifs is 1. The number of carbonyl (C=O) groups excluding carboxylic acids is 1. The lowest BCUT2D eigenvalue weighted by Gasteiger charge is -2.28. The molecule has 0 bridgehead atoms. The molecule has 192 valence electrons. The van der Waals surface area contributed by atoms with Gasteiger partial charge in [-0.15, -0.1) is 0 Å². The van der Waals surface area contributed by atoms with Crippen LogP contribution in [0.3, 0.4) is 0 Å². The molecule has 4 aromatic rings. The second-order valence-corrected chi connectivity index (χ2v) is 9.06. The number of nitrogens with two attached hydrogens (primary N) is 1. The van der Waals surface area contributed by atoms with E-state index in [2.05, 4.69) is 20.3 Å². The van der Waals surface area contributed by atoms with Crippen LogP contribution in [0.2, 0.25) is 0 Å². The van der Waals surface area contributed by atoms with E-state index in [0.717, 1.165) is 25.0 Å². The quantitative estimate of drug-likeness (QED) is 0.369. The molecule has 0 spiro atoms. The Morgan fingerprint density at radius 3 is 2.49 bits per heavy atom. The number of halogens is 3. The lowest BCUT2D eigenvalue weighted by Crippen LogP contribution is -2.28. The number of anilines is 2. The van der Waals surface area contributed by atoms with Crippen molar-refractivity contribution in [1.82, 2.24) is 19.5 Å². The largest absolute Gasteiger partial charge is 0.497 e. The monoisotopic (exact) mass is 510 g/mol. The number of benzene rings is 2. The molecule has 1 amide bonds. The van der Waals surface area contributed by atoms with Gasteiger partial charge in [0.25, 0.3) is 0 Å². The number of hydrogen-bond acceptors (Lipinski definition) is 6. The van der Waals surface area contributed by atoms with Crippen molar-refractivity contribution in [2.75, 3.05) is 18.2 Å². The third-order valence-corrected chi connectivity index (χ3v) is 6.72. The van der Waals surface area contributed by atoms with Crippen LogP contribution in [-0.4, -0.2) is 32.5 Å². The van der Waals surface area contributed by atoms with Crippen LogP contribution < -0.4 is 15.8 Å². The van der Waals surface area contributed by atoms with Crippen molar-refractivity contribution >= 4 is 28.6 Å². The normalized spacial score (nSPS) is 18.1. The van der Waals surface area contributed by atoms with Gasteiger partial charge in [0.15, 0.2) is 17.3 Å². The molecule has 0 aliphatic heterocycles. The molecule has 0 unspecified atom stereocenters. The maximum atomic E-state index is 12.9. The van der Waals surface area contributed by atoms with Gasteiger partial charge in [0.05, 0.1) is 19.0 Å². The van der Waals surface area contributed by atoms with Gasteiger partial charge in [-0.2, -0.15) is 13.2 Å². The number of imidazole rings is 1. The lowest BCUT2D eigenvalue weighted by molar-refractivity contribution is -0.137. The Hall–Kier alpha value is -4.15. The number of aromatic nitrogens is 4. The molecular weight excluding hydrogens is 485 g/mol. The maximum absolute atomic E-state index is 12.9. The molecule has 1 aliphatic rings. The van der Waals surface area contributed by atoms with Gasteiger partial charge in [0.2, 0.25) is 5.91 Å². The Bertz CT molecular complexity index is 1430. The van der Waals surface area contributed by atoms with E-state index in [1.54, 1.807) is 19.5 Å². The number of hydrogen-bond donors (Lipinski definition) is 2. The Labute approximate surface area is 210 Å². The Morgan fingerprint density at radius 2 is 1.81 bits per heavy atom. The summed E-state index contributed by atoms with van der Waals surface area (Å²) in [6.45, 7) is 0. The van der Waals surface area contributed by atoms with Crippen molar-refractivity contribution in [2.45, 2.75) is 37.9 Å². The highest BCUT2D eigenvalue weighted by molar-refractivity contribution is 5.92. The first-order chi connectivity index (χ1) is 17.7. The Kier molecular flexibility index (Phi) is 6.45. The van der Waals surface area contributed by atoms with Crippen LogP contribution in [0.25, 0.3) is 22.6 Å². The fourth-order valence-electron chi connectivity index (χ4n) is 4.70. The predicted octanol–water partition coefficient (Wildman–Crippen LogP) is 5.47. The summed E-state index contributed by atoms with van der Waals surface area (Å²) < 4.78 is 45.9. The molecule has 37 heavy (non-hydrogen) atoms. The molecule has 11 heteroatoms. The smallest absolute Gasteiger partial charge is 0.416 e. The number of rotatable bonds is 5. The third kappa shape index (κ3) is 5.07. The number of carbonyl (C=O) groups is 1.